The Balaban J connectivity index is 1.56. The van der Waals surface area contributed by atoms with E-state index in [4.69, 9.17) is 4.74 Å². The highest BCUT2D eigenvalue weighted by Crippen LogP contribution is 2.31. The minimum atomic E-state index is -0.417. The van der Waals surface area contributed by atoms with Gasteiger partial charge in [0.05, 0.1) is 35.0 Å². The van der Waals surface area contributed by atoms with Gasteiger partial charge < -0.3 is 4.74 Å². The predicted octanol–water partition coefficient (Wildman–Crippen LogP) is 3.52. The largest absolute Gasteiger partial charge is 0.497 e. The highest BCUT2D eigenvalue weighted by molar-refractivity contribution is 7.21. The predicted molar refractivity (Wildman–Crippen MR) is 97.4 cm³/mol. The van der Waals surface area contributed by atoms with Crippen molar-refractivity contribution in [2.45, 2.75) is 6.54 Å². The van der Waals surface area contributed by atoms with Gasteiger partial charge >= 0.3 is 0 Å². The fourth-order valence-corrected chi connectivity index (χ4v) is 3.47. The second-order valence-corrected chi connectivity index (χ2v) is 6.61. The van der Waals surface area contributed by atoms with E-state index in [2.05, 4.69) is 15.3 Å². The van der Waals surface area contributed by atoms with Gasteiger partial charge in [-0.3, -0.25) is 10.1 Å². The Labute approximate surface area is 151 Å². The van der Waals surface area contributed by atoms with Crippen LogP contribution < -0.4 is 4.74 Å². The van der Waals surface area contributed by atoms with Crippen molar-refractivity contribution in [2.75, 3.05) is 7.11 Å². The Morgan fingerprint density at radius 2 is 2.04 bits per heavy atom. The number of nitrogens with zero attached hydrogens (tertiary/aromatic N) is 5. The monoisotopic (exact) mass is 367 g/mol. The first-order chi connectivity index (χ1) is 12.6. The molecule has 2 aromatic carbocycles. The van der Waals surface area contributed by atoms with Gasteiger partial charge in [0.1, 0.15) is 16.5 Å². The van der Waals surface area contributed by atoms with Gasteiger partial charge in [-0.25, -0.2) is 9.67 Å². The quantitative estimate of drug-likeness (QED) is 0.395. The number of methoxy groups -OCH3 is 1. The molecule has 0 N–H and O–H groups in total. The highest BCUT2D eigenvalue weighted by atomic mass is 32.1. The molecule has 0 aliphatic carbocycles. The van der Waals surface area contributed by atoms with Crippen LogP contribution in [0.5, 0.6) is 5.75 Å². The van der Waals surface area contributed by atoms with Crippen molar-refractivity contribution in [1.82, 2.24) is 20.0 Å². The number of ether oxygens (including phenoxy) is 1. The lowest BCUT2D eigenvalue weighted by Crippen LogP contribution is -2.00. The van der Waals surface area contributed by atoms with E-state index in [0.29, 0.717) is 12.2 Å². The molecule has 0 unspecified atom stereocenters. The van der Waals surface area contributed by atoms with E-state index in [-0.39, 0.29) is 5.69 Å². The molecule has 0 radical (unpaired) electrons. The summed E-state index contributed by atoms with van der Waals surface area (Å²) in [7, 11) is 1.63. The summed E-state index contributed by atoms with van der Waals surface area (Å²) in [6.07, 6.45) is 1.82. The fraction of sp³-hybridized carbons (Fsp3) is 0.118. The molecule has 0 aliphatic rings. The van der Waals surface area contributed by atoms with Gasteiger partial charge in [-0.15, -0.1) is 16.4 Å². The molecule has 26 heavy (non-hydrogen) atoms. The number of fused-ring (bicyclic) bond motifs is 1. The lowest BCUT2D eigenvalue weighted by Gasteiger charge is -2.00. The topological polar surface area (TPSA) is 96.0 Å². The Hall–Kier alpha value is -3.33. The zero-order valence-electron chi connectivity index (χ0n) is 13.7. The molecule has 8 nitrogen and oxygen atoms in total. The maximum absolute atomic E-state index is 10.7. The lowest BCUT2D eigenvalue weighted by atomic mass is 10.2. The molecule has 9 heteroatoms. The number of benzene rings is 2. The zero-order chi connectivity index (χ0) is 18.1. The minimum Gasteiger partial charge on any atom is -0.497 e. The number of hydrogen-bond acceptors (Lipinski definition) is 7. The minimum absolute atomic E-state index is 0.0675. The Morgan fingerprint density at radius 1 is 1.23 bits per heavy atom. The van der Waals surface area contributed by atoms with Gasteiger partial charge in [-0.1, -0.05) is 17.3 Å². The smallest absolute Gasteiger partial charge is 0.269 e. The Morgan fingerprint density at radius 3 is 2.77 bits per heavy atom. The maximum Gasteiger partial charge on any atom is 0.269 e. The van der Waals surface area contributed by atoms with E-state index in [1.54, 1.807) is 23.9 Å². The van der Waals surface area contributed by atoms with Crippen LogP contribution in [0.15, 0.2) is 48.7 Å². The molecular weight excluding hydrogens is 354 g/mol. The number of aromatic nitrogens is 4. The van der Waals surface area contributed by atoms with E-state index in [1.165, 1.54) is 23.5 Å². The molecule has 0 bridgehead atoms. The average molecular weight is 367 g/mol. The molecule has 2 aromatic heterocycles. The van der Waals surface area contributed by atoms with Gasteiger partial charge in [0.25, 0.3) is 5.69 Å². The molecule has 0 fully saturated rings. The molecule has 4 aromatic rings. The van der Waals surface area contributed by atoms with Gasteiger partial charge in [0, 0.05) is 12.1 Å². The normalized spacial score (nSPS) is 11.0. The number of rotatable bonds is 5. The summed E-state index contributed by atoms with van der Waals surface area (Å²) >= 11 is 1.52. The molecule has 0 atom stereocenters. The standard InChI is InChI=1S/C17H13N5O3S/c1-25-13-6-7-14-16(8-13)26-17(18-14)15-10-21(20-19-15)9-11-2-4-12(5-3-11)22(23)24/h2-8,10H,9H2,1H3. The van der Waals surface area contributed by atoms with E-state index in [1.807, 2.05) is 24.4 Å². The first-order valence-electron chi connectivity index (χ1n) is 7.71. The van der Waals surface area contributed by atoms with Crippen LogP contribution in [0.25, 0.3) is 20.9 Å². The third kappa shape index (κ3) is 3.11. The summed E-state index contributed by atoms with van der Waals surface area (Å²) in [5.41, 5.74) is 2.54. The van der Waals surface area contributed by atoms with Crippen LogP contribution in [0.3, 0.4) is 0 Å². The summed E-state index contributed by atoms with van der Waals surface area (Å²) in [6.45, 7) is 0.476. The molecule has 0 saturated carbocycles. The molecule has 0 spiro atoms. The third-order valence-electron chi connectivity index (χ3n) is 3.85. The summed E-state index contributed by atoms with van der Waals surface area (Å²) in [6, 6.07) is 12.1. The number of thiazole rings is 1. The van der Waals surface area contributed by atoms with Gasteiger partial charge in [-0.05, 0) is 23.8 Å². The van der Waals surface area contributed by atoms with Crippen LogP contribution in [0.1, 0.15) is 5.56 Å². The van der Waals surface area contributed by atoms with Gasteiger partial charge in [0.2, 0.25) is 0 Å². The van der Waals surface area contributed by atoms with Crippen LogP contribution in [0.2, 0.25) is 0 Å². The fourth-order valence-electron chi connectivity index (χ4n) is 2.53. The molecule has 130 valence electrons. The molecule has 0 saturated heterocycles. The second kappa shape index (κ2) is 6.52. The first kappa shape index (κ1) is 16.2. The van der Waals surface area contributed by atoms with Crippen LogP contribution >= 0.6 is 11.3 Å². The molecular formula is C17H13N5O3S. The van der Waals surface area contributed by atoms with Crippen LogP contribution in [-0.2, 0) is 6.54 Å². The maximum atomic E-state index is 10.7. The molecule has 4 rings (SSSR count). The van der Waals surface area contributed by atoms with E-state index in [0.717, 1.165) is 26.5 Å². The van der Waals surface area contributed by atoms with Crippen molar-refractivity contribution < 1.29 is 9.66 Å². The SMILES string of the molecule is COc1ccc2nc(-c3cn(Cc4ccc([N+](=O)[O-])cc4)nn3)sc2c1. The zero-order valence-corrected chi connectivity index (χ0v) is 14.5. The lowest BCUT2D eigenvalue weighted by molar-refractivity contribution is -0.384. The third-order valence-corrected chi connectivity index (χ3v) is 4.89. The molecule has 0 aliphatic heterocycles. The Kier molecular flexibility index (Phi) is 4.05. The number of hydrogen-bond donors (Lipinski definition) is 0. The van der Waals surface area contributed by atoms with Crippen LogP contribution in [0.4, 0.5) is 5.69 Å². The first-order valence-corrected chi connectivity index (χ1v) is 8.52. The molecule has 2 heterocycles. The van der Waals surface area contributed by atoms with Gasteiger partial charge in [-0.2, -0.15) is 0 Å². The van der Waals surface area contributed by atoms with Crippen molar-refractivity contribution >= 4 is 27.2 Å². The van der Waals surface area contributed by atoms with Crippen LogP contribution in [-0.4, -0.2) is 32.0 Å². The summed E-state index contributed by atoms with van der Waals surface area (Å²) in [5.74, 6) is 0.787. The van der Waals surface area contributed by atoms with Crippen LogP contribution in [0, 0.1) is 10.1 Å². The second-order valence-electron chi connectivity index (χ2n) is 5.58. The van der Waals surface area contributed by atoms with Crippen molar-refractivity contribution in [3.05, 3.63) is 64.3 Å². The Bertz CT molecular complexity index is 1090. The summed E-state index contributed by atoms with van der Waals surface area (Å²) < 4.78 is 7.94. The van der Waals surface area contributed by atoms with Crippen molar-refractivity contribution in [3.8, 4) is 16.5 Å². The molecule has 0 amide bonds. The summed E-state index contributed by atoms with van der Waals surface area (Å²) in [5, 5.41) is 19.8. The number of nitro benzene ring substituents is 1. The van der Waals surface area contributed by atoms with E-state index >= 15 is 0 Å². The van der Waals surface area contributed by atoms with Crippen molar-refractivity contribution in [2.24, 2.45) is 0 Å². The highest BCUT2D eigenvalue weighted by Gasteiger charge is 2.11. The average Bonchev–Trinajstić information content (AvgIpc) is 3.28. The van der Waals surface area contributed by atoms with Gasteiger partial charge in [0.15, 0.2) is 0 Å². The van der Waals surface area contributed by atoms with Crippen molar-refractivity contribution in [3.63, 3.8) is 0 Å². The van der Waals surface area contributed by atoms with Crippen molar-refractivity contribution in [1.29, 1.82) is 0 Å². The number of non-ortho nitro benzene ring substituents is 1. The summed E-state index contributed by atoms with van der Waals surface area (Å²) in [4.78, 5) is 14.9. The number of nitro groups is 1. The van der Waals surface area contributed by atoms with E-state index < -0.39 is 4.92 Å². The van der Waals surface area contributed by atoms with E-state index in [9.17, 15) is 10.1 Å².